The molecule has 0 spiro atoms. The minimum absolute atomic E-state index is 0.134. The lowest BCUT2D eigenvalue weighted by Crippen LogP contribution is -2.40. The van der Waals surface area contributed by atoms with E-state index >= 15 is 0 Å². The first-order chi connectivity index (χ1) is 9.60. The van der Waals surface area contributed by atoms with Gasteiger partial charge in [0.15, 0.2) is 5.41 Å². The van der Waals surface area contributed by atoms with Crippen LogP contribution in [0.3, 0.4) is 0 Å². The third-order valence-electron chi connectivity index (χ3n) is 2.94. The van der Waals surface area contributed by atoms with E-state index < -0.39 is 17.4 Å². The van der Waals surface area contributed by atoms with Crippen LogP contribution in [0.5, 0.6) is 0 Å². The van der Waals surface area contributed by atoms with Gasteiger partial charge in [0, 0.05) is 0 Å². The maximum absolute atomic E-state index is 12.0. The lowest BCUT2D eigenvalue weighted by molar-refractivity contribution is -0.168. The van der Waals surface area contributed by atoms with E-state index in [1.54, 1.807) is 24.3 Å². The molecule has 0 fully saturated rings. The Balaban J connectivity index is 2.99. The van der Waals surface area contributed by atoms with Crippen LogP contribution in [0, 0.1) is 5.41 Å². The predicted octanol–water partition coefficient (Wildman–Crippen LogP) is 2.59. The molecule has 0 aliphatic heterocycles. The van der Waals surface area contributed by atoms with E-state index in [1.165, 1.54) is 26.6 Å². The monoisotopic (exact) mass is 278 g/mol. The van der Waals surface area contributed by atoms with Crippen molar-refractivity contribution < 1.29 is 23.5 Å². The van der Waals surface area contributed by atoms with Crippen LogP contribution in [0.2, 0.25) is 0 Å². The summed E-state index contributed by atoms with van der Waals surface area (Å²) in [5.74, 6) is -0.658. The third-order valence-corrected chi connectivity index (χ3v) is 2.94. The van der Waals surface area contributed by atoms with Crippen molar-refractivity contribution in [3.63, 3.8) is 0 Å². The molecule has 0 N–H and O–H groups in total. The lowest BCUT2D eigenvalue weighted by Gasteiger charge is -2.25. The number of carbonyl (C=O) groups excluding carboxylic acids is 2. The minimum atomic E-state index is -1.41. The van der Waals surface area contributed by atoms with Gasteiger partial charge < -0.3 is 13.9 Å². The summed E-state index contributed by atoms with van der Waals surface area (Å²) in [7, 11) is 2.47. The Kier molecular flexibility index (Phi) is 5.77. The molecule has 0 atom stereocenters. The molecule has 0 bridgehead atoms. The number of hydrogen-bond donors (Lipinski definition) is 0. The summed E-state index contributed by atoms with van der Waals surface area (Å²) >= 11 is 0. The van der Waals surface area contributed by atoms with Crippen LogP contribution in [0.25, 0.3) is 6.08 Å². The molecule has 0 saturated heterocycles. The van der Waals surface area contributed by atoms with Gasteiger partial charge in [0.2, 0.25) is 0 Å². The topological polar surface area (TPSA) is 65.7 Å². The van der Waals surface area contributed by atoms with Crippen LogP contribution in [-0.4, -0.2) is 26.2 Å². The summed E-state index contributed by atoms with van der Waals surface area (Å²) in [4.78, 5) is 24.0. The molecule has 0 amide bonds. The van der Waals surface area contributed by atoms with Crippen LogP contribution in [0.1, 0.15) is 18.6 Å². The summed E-state index contributed by atoms with van der Waals surface area (Å²) in [5, 5.41) is 0. The highest BCUT2D eigenvalue weighted by molar-refractivity contribution is 6.00. The maximum atomic E-state index is 12.0. The Morgan fingerprint density at radius 1 is 1.30 bits per heavy atom. The standard InChI is InChI=1S/C15H18O5/c1-4-9-15(13(16)18-2,14(17)19-3)10-5-7-12-8-6-11-20-12/h4-8,11H,1,9-10H2,2-3H3/b7-5+. The number of ether oxygens (including phenoxy) is 2. The maximum Gasteiger partial charge on any atom is 0.323 e. The van der Waals surface area contributed by atoms with Gasteiger partial charge in [-0.25, -0.2) is 0 Å². The van der Waals surface area contributed by atoms with Gasteiger partial charge in [-0.15, -0.1) is 6.58 Å². The van der Waals surface area contributed by atoms with E-state index in [0.29, 0.717) is 5.76 Å². The van der Waals surface area contributed by atoms with Crippen molar-refractivity contribution in [1.82, 2.24) is 0 Å². The molecule has 1 rings (SSSR count). The molecule has 1 aromatic rings. The van der Waals surface area contributed by atoms with Gasteiger partial charge in [0.1, 0.15) is 5.76 Å². The fourth-order valence-corrected chi connectivity index (χ4v) is 1.90. The summed E-state index contributed by atoms with van der Waals surface area (Å²) in [6.45, 7) is 3.58. The van der Waals surface area contributed by atoms with E-state index in [4.69, 9.17) is 13.9 Å². The molecule has 0 aliphatic rings. The van der Waals surface area contributed by atoms with Crippen molar-refractivity contribution in [2.45, 2.75) is 12.8 Å². The highest BCUT2D eigenvalue weighted by Gasteiger charge is 2.46. The van der Waals surface area contributed by atoms with Gasteiger partial charge in [-0.05, 0) is 31.1 Å². The van der Waals surface area contributed by atoms with Crippen LogP contribution in [0.15, 0.2) is 41.5 Å². The normalized spacial score (nSPS) is 11.3. The van der Waals surface area contributed by atoms with E-state index in [9.17, 15) is 9.59 Å². The highest BCUT2D eigenvalue weighted by Crippen LogP contribution is 2.31. The summed E-state index contributed by atoms with van der Waals surface area (Å²) in [5.41, 5.74) is -1.41. The molecule has 5 nitrogen and oxygen atoms in total. The second kappa shape index (κ2) is 7.33. The van der Waals surface area contributed by atoms with E-state index in [1.807, 2.05) is 0 Å². The molecular formula is C15H18O5. The number of allylic oxidation sites excluding steroid dienone is 2. The first-order valence-corrected chi connectivity index (χ1v) is 6.08. The molecule has 0 radical (unpaired) electrons. The van der Waals surface area contributed by atoms with Crippen LogP contribution < -0.4 is 0 Å². The van der Waals surface area contributed by atoms with Crippen molar-refractivity contribution in [3.8, 4) is 0 Å². The molecule has 0 aromatic carbocycles. The number of hydrogen-bond acceptors (Lipinski definition) is 5. The number of rotatable bonds is 7. The summed E-state index contributed by atoms with van der Waals surface area (Å²) in [6, 6.07) is 3.51. The first kappa shape index (κ1) is 15.8. The second-order valence-electron chi connectivity index (χ2n) is 4.18. The van der Waals surface area contributed by atoms with E-state index in [2.05, 4.69) is 6.58 Å². The second-order valence-corrected chi connectivity index (χ2v) is 4.18. The van der Waals surface area contributed by atoms with Crippen molar-refractivity contribution in [2.24, 2.45) is 5.41 Å². The summed E-state index contributed by atoms with van der Waals surface area (Å²) < 4.78 is 14.6. The molecule has 1 heterocycles. The average Bonchev–Trinajstić information content (AvgIpc) is 2.97. The van der Waals surface area contributed by atoms with Crippen LogP contribution in [-0.2, 0) is 19.1 Å². The number of furan rings is 1. The molecular weight excluding hydrogens is 260 g/mol. The van der Waals surface area contributed by atoms with Gasteiger partial charge >= 0.3 is 11.9 Å². The molecule has 0 unspecified atom stereocenters. The van der Waals surface area contributed by atoms with Crippen molar-refractivity contribution >= 4 is 18.0 Å². The average molecular weight is 278 g/mol. The minimum Gasteiger partial charge on any atom is -0.468 e. The fraction of sp³-hybridized carbons (Fsp3) is 0.333. The Bertz CT molecular complexity index is 468. The first-order valence-electron chi connectivity index (χ1n) is 6.08. The van der Waals surface area contributed by atoms with Gasteiger partial charge in [-0.2, -0.15) is 0 Å². The highest BCUT2D eigenvalue weighted by atomic mass is 16.5. The Hall–Kier alpha value is -2.30. The zero-order chi connectivity index (χ0) is 15.0. The van der Waals surface area contributed by atoms with Crippen LogP contribution >= 0.6 is 0 Å². The smallest absolute Gasteiger partial charge is 0.323 e. The molecule has 0 saturated carbocycles. The Morgan fingerprint density at radius 2 is 1.95 bits per heavy atom. The van der Waals surface area contributed by atoms with E-state index in [0.717, 1.165) is 0 Å². The Morgan fingerprint density at radius 3 is 2.40 bits per heavy atom. The van der Waals surface area contributed by atoms with Gasteiger partial charge in [0.05, 0.1) is 20.5 Å². The summed E-state index contributed by atoms with van der Waals surface area (Å²) in [6.07, 6.45) is 6.67. The predicted molar refractivity (Wildman–Crippen MR) is 73.6 cm³/mol. The molecule has 1 aromatic heterocycles. The lowest BCUT2D eigenvalue weighted by atomic mass is 9.81. The Labute approximate surface area is 117 Å². The van der Waals surface area contributed by atoms with Crippen LogP contribution in [0.4, 0.5) is 0 Å². The molecule has 20 heavy (non-hydrogen) atoms. The zero-order valence-corrected chi connectivity index (χ0v) is 11.6. The SMILES string of the molecule is C=CCC(C/C=C/c1ccco1)(C(=O)OC)C(=O)OC. The largest absolute Gasteiger partial charge is 0.468 e. The van der Waals surface area contributed by atoms with Crippen molar-refractivity contribution in [1.29, 1.82) is 0 Å². The van der Waals surface area contributed by atoms with Gasteiger partial charge in [-0.3, -0.25) is 9.59 Å². The van der Waals surface area contributed by atoms with Crippen molar-refractivity contribution in [3.05, 3.63) is 42.9 Å². The van der Waals surface area contributed by atoms with Crippen molar-refractivity contribution in [2.75, 3.05) is 14.2 Å². The van der Waals surface area contributed by atoms with E-state index in [-0.39, 0.29) is 12.8 Å². The number of methoxy groups -OCH3 is 2. The van der Waals surface area contributed by atoms with Gasteiger partial charge in [-0.1, -0.05) is 12.2 Å². The molecule has 108 valence electrons. The molecule has 0 aliphatic carbocycles. The molecule has 5 heteroatoms. The van der Waals surface area contributed by atoms with Gasteiger partial charge in [0.25, 0.3) is 0 Å². The zero-order valence-electron chi connectivity index (χ0n) is 11.6. The quantitative estimate of drug-likeness (QED) is 0.436. The number of carbonyl (C=O) groups is 2. The number of esters is 2. The third kappa shape index (κ3) is 3.38. The fourth-order valence-electron chi connectivity index (χ4n) is 1.90.